The van der Waals surface area contributed by atoms with E-state index in [1.54, 1.807) is 24.3 Å². The fourth-order valence-corrected chi connectivity index (χ4v) is 2.72. The fraction of sp³-hybridized carbons (Fsp3) is 0.625. The lowest BCUT2D eigenvalue weighted by Gasteiger charge is -2.26. The van der Waals surface area contributed by atoms with Crippen LogP contribution in [0.4, 0.5) is 0 Å². The monoisotopic (exact) mass is 295 g/mol. The maximum absolute atomic E-state index is 9.95. The number of ether oxygens (including phenoxy) is 1. The molecule has 1 aliphatic carbocycles. The molecule has 0 amide bonds. The van der Waals surface area contributed by atoms with Gasteiger partial charge >= 0.3 is 0 Å². The molecular weight excluding hydrogens is 270 g/mol. The number of aliphatic hydroxyl groups excluding tert-OH is 1. The summed E-state index contributed by atoms with van der Waals surface area (Å²) in [5.74, 6) is -1.11. The minimum Gasteiger partial charge on any atom is -0.493 e. The molecule has 0 bridgehead atoms. The molecule has 21 heavy (non-hydrogen) atoms. The molecule has 1 fully saturated rings. The lowest BCUT2D eigenvalue weighted by molar-refractivity contribution is -0.219. The second-order valence-corrected chi connectivity index (χ2v) is 5.87. The number of rotatable bonds is 6. The van der Waals surface area contributed by atoms with Crippen molar-refractivity contribution in [3.05, 3.63) is 29.8 Å². The first kappa shape index (κ1) is 16.2. The molecule has 5 N–H and O–H groups in total. The zero-order chi connectivity index (χ0) is 15.3. The molecule has 0 radical (unpaired) electrons. The third-order valence-corrected chi connectivity index (χ3v) is 4.12. The SMILES string of the molecule is NCC(O)(O)C(O)c1cccc(OCC2CCCCC2)c1. The van der Waals surface area contributed by atoms with Gasteiger partial charge in [-0.05, 0) is 36.5 Å². The highest BCUT2D eigenvalue weighted by Crippen LogP contribution is 2.28. The van der Waals surface area contributed by atoms with Crippen LogP contribution in [0.3, 0.4) is 0 Å². The van der Waals surface area contributed by atoms with Crippen LogP contribution in [0.2, 0.25) is 0 Å². The maximum Gasteiger partial charge on any atom is 0.206 e. The average Bonchev–Trinajstić information content (AvgIpc) is 2.53. The van der Waals surface area contributed by atoms with Crippen LogP contribution in [0.5, 0.6) is 5.75 Å². The van der Waals surface area contributed by atoms with Crippen molar-refractivity contribution >= 4 is 0 Å². The molecule has 118 valence electrons. The van der Waals surface area contributed by atoms with E-state index in [-0.39, 0.29) is 0 Å². The predicted octanol–water partition coefficient (Wildman–Crippen LogP) is 1.32. The fourth-order valence-electron chi connectivity index (χ4n) is 2.72. The molecule has 5 nitrogen and oxygen atoms in total. The molecule has 1 aliphatic rings. The zero-order valence-electron chi connectivity index (χ0n) is 12.2. The molecule has 0 heterocycles. The Morgan fingerprint density at radius 1 is 1.24 bits per heavy atom. The third-order valence-electron chi connectivity index (χ3n) is 4.12. The van der Waals surface area contributed by atoms with Crippen molar-refractivity contribution in [2.75, 3.05) is 13.2 Å². The summed E-state index contributed by atoms with van der Waals surface area (Å²) in [5.41, 5.74) is 5.63. The van der Waals surface area contributed by atoms with Gasteiger partial charge in [0.25, 0.3) is 0 Å². The summed E-state index contributed by atoms with van der Waals surface area (Å²) < 4.78 is 5.78. The van der Waals surface area contributed by atoms with Crippen LogP contribution in [0.15, 0.2) is 24.3 Å². The lowest BCUT2D eigenvalue weighted by Crippen LogP contribution is -2.43. The summed E-state index contributed by atoms with van der Waals surface area (Å²) >= 11 is 0. The minimum absolute atomic E-state index is 0.381. The normalized spacial score (nSPS) is 18.5. The number of benzene rings is 1. The molecule has 0 spiro atoms. The second kappa shape index (κ2) is 7.22. The van der Waals surface area contributed by atoms with Gasteiger partial charge in [-0.3, -0.25) is 0 Å². The molecule has 1 atom stereocenters. The Balaban J connectivity index is 1.97. The van der Waals surface area contributed by atoms with Crippen molar-refractivity contribution in [2.45, 2.75) is 44.0 Å². The Bertz CT molecular complexity index is 444. The standard InChI is InChI=1S/C16H25NO4/c17-11-16(19,20)15(18)13-7-4-8-14(9-13)21-10-12-5-2-1-3-6-12/h4,7-9,12,15,18-20H,1-3,5-6,10-11,17H2. The summed E-state index contributed by atoms with van der Waals surface area (Å²) in [6, 6.07) is 6.78. The molecule has 0 aromatic heterocycles. The van der Waals surface area contributed by atoms with Gasteiger partial charge in [0.05, 0.1) is 6.61 Å². The molecule has 1 saturated carbocycles. The molecule has 0 saturated heterocycles. The summed E-state index contributed by atoms with van der Waals surface area (Å²) in [6.07, 6.45) is 4.78. The van der Waals surface area contributed by atoms with Crippen LogP contribution in [0.25, 0.3) is 0 Å². The molecule has 2 rings (SSSR count). The molecule has 5 heteroatoms. The van der Waals surface area contributed by atoms with Gasteiger partial charge in [-0.25, -0.2) is 0 Å². The van der Waals surface area contributed by atoms with Crippen molar-refractivity contribution in [3.8, 4) is 5.75 Å². The molecule has 1 aromatic rings. The Kier molecular flexibility index (Phi) is 5.58. The number of nitrogens with two attached hydrogens (primary N) is 1. The van der Waals surface area contributed by atoms with E-state index < -0.39 is 18.4 Å². The van der Waals surface area contributed by atoms with Crippen molar-refractivity contribution in [1.82, 2.24) is 0 Å². The Labute approximate surface area is 125 Å². The number of hydrogen-bond acceptors (Lipinski definition) is 5. The molecular formula is C16H25NO4. The molecule has 0 aliphatic heterocycles. The van der Waals surface area contributed by atoms with Gasteiger partial charge in [0, 0.05) is 6.54 Å². The zero-order valence-corrected chi connectivity index (χ0v) is 12.2. The smallest absolute Gasteiger partial charge is 0.206 e. The topological polar surface area (TPSA) is 95.9 Å². The van der Waals surface area contributed by atoms with Gasteiger partial charge in [0.2, 0.25) is 5.79 Å². The van der Waals surface area contributed by atoms with Crippen molar-refractivity contribution in [3.63, 3.8) is 0 Å². The average molecular weight is 295 g/mol. The van der Waals surface area contributed by atoms with Crippen LogP contribution in [-0.4, -0.2) is 34.3 Å². The largest absolute Gasteiger partial charge is 0.493 e. The van der Waals surface area contributed by atoms with E-state index in [2.05, 4.69) is 0 Å². The summed E-state index contributed by atoms with van der Waals surface area (Å²) in [7, 11) is 0. The number of aliphatic hydroxyl groups is 3. The van der Waals surface area contributed by atoms with E-state index in [9.17, 15) is 15.3 Å². The predicted molar refractivity (Wildman–Crippen MR) is 79.7 cm³/mol. The summed E-state index contributed by atoms with van der Waals surface area (Å²) in [6.45, 7) is 0.223. The number of hydrogen-bond donors (Lipinski definition) is 4. The van der Waals surface area contributed by atoms with Crippen LogP contribution < -0.4 is 10.5 Å². The summed E-state index contributed by atoms with van der Waals surface area (Å²) in [5, 5.41) is 29.2. The highest BCUT2D eigenvalue weighted by atomic mass is 16.5. The van der Waals surface area contributed by atoms with Gasteiger partial charge in [0.15, 0.2) is 0 Å². The van der Waals surface area contributed by atoms with Gasteiger partial charge in [-0.2, -0.15) is 0 Å². The maximum atomic E-state index is 9.95. The molecule has 1 unspecified atom stereocenters. The summed E-state index contributed by atoms with van der Waals surface area (Å²) in [4.78, 5) is 0. The Morgan fingerprint density at radius 3 is 2.62 bits per heavy atom. The van der Waals surface area contributed by atoms with Crippen LogP contribution >= 0.6 is 0 Å². The van der Waals surface area contributed by atoms with E-state index in [0.717, 1.165) is 0 Å². The first-order chi connectivity index (χ1) is 10.0. The van der Waals surface area contributed by atoms with E-state index in [4.69, 9.17) is 10.5 Å². The van der Waals surface area contributed by atoms with Crippen molar-refractivity contribution in [1.29, 1.82) is 0 Å². The highest BCUT2D eigenvalue weighted by molar-refractivity contribution is 5.30. The van der Waals surface area contributed by atoms with Gasteiger partial charge < -0.3 is 25.8 Å². The van der Waals surface area contributed by atoms with Gasteiger partial charge in [-0.1, -0.05) is 31.4 Å². The van der Waals surface area contributed by atoms with Gasteiger partial charge in [0.1, 0.15) is 11.9 Å². The van der Waals surface area contributed by atoms with E-state index in [1.807, 2.05) is 0 Å². The van der Waals surface area contributed by atoms with Gasteiger partial charge in [-0.15, -0.1) is 0 Å². The highest BCUT2D eigenvalue weighted by Gasteiger charge is 2.32. The lowest BCUT2D eigenvalue weighted by atomic mass is 9.90. The second-order valence-electron chi connectivity index (χ2n) is 5.87. The quantitative estimate of drug-likeness (QED) is 0.594. The third kappa shape index (κ3) is 4.41. The van der Waals surface area contributed by atoms with Crippen LogP contribution in [-0.2, 0) is 0 Å². The first-order valence-corrected chi connectivity index (χ1v) is 7.58. The molecule has 1 aromatic carbocycles. The Morgan fingerprint density at radius 2 is 1.95 bits per heavy atom. The Hall–Kier alpha value is -1.14. The van der Waals surface area contributed by atoms with E-state index >= 15 is 0 Å². The van der Waals surface area contributed by atoms with Crippen molar-refractivity contribution < 1.29 is 20.1 Å². The van der Waals surface area contributed by atoms with E-state index in [1.165, 1.54) is 32.1 Å². The first-order valence-electron chi connectivity index (χ1n) is 7.58. The van der Waals surface area contributed by atoms with Crippen LogP contribution in [0.1, 0.15) is 43.8 Å². The van der Waals surface area contributed by atoms with E-state index in [0.29, 0.717) is 23.8 Å². The minimum atomic E-state index is -2.33. The van der Waals surface area contributed by atoms with Crippen molar-refractivity contribution in [2.24, 2.45) is 11.7 Å². The van der Waals surface area contributed by atoms with Crippen LogP contribution in [0, 0.1) is 5.92 Å².